The van der Waals surface area contributed by atoms with E-state index in [1.165, 1.54) is 18.4 Å². The molecule has 0 spiro atoms. The van der Waals surface area contributed by atoms with Crippen LogP contribution in [-0.2, 0) is 14.8 Å². The maximum absolute atomic E-state index is 12.0. The Kier molecular flexibility index (Phi) is 5.24. The summed E-state index contributed by atoms with van der Waals surface area (Å²) in [4.78, 5) is 0.316. The third-order valence-corrected chi connectivity index (χ3v) is 5.83. The van der Waals surface area contributed by atoms with Gasteiger partial charge in [-0.3, -0.25) is 0 Å². The summed E-state index contributed by atoms with van der Waals surface area (Å²) in [5.41, 5.74) is 0.951. The molecule has 0 aliphatic carbocycles. The van der Waals surface area contributed by atoms with Gasteiger partial charge in [0.1, 0.15) is 0 Å². The van der Waals surface area contributed by atoms with E-state index in [9.17, 15) is 8.42 Å². The predicted molar refractivity (Wildman–Crippen MR) is 83.9 cm³/mol. The van der Waals surface area contributed by atoms with Crippen molar-refractivity contribution in [2.24, 2.45) is 5.92 Å². The summed E-state index contributed by atoms with van der Waals surface area (Å²) in [6.45, 7) is 3.83. The van der Waals surface area contributed by atoms with Gasteiger partial charge in [0.25, 0.3) is 0 Å². The highest BCUT2D eigenvalue weighted by molar-refractivity contribution is 7.89. The van der Waals surface area contributed by atoms with Gasteiger partial charge in [-0.15, -0.1) is 0 Å². The van der Waals surface area contributed by atoms with Gasteiger partial charge in [0, 0.05) is 39.0 Å². The second-order valence-corrected chi connectivity index (χ2v) is 7.85. The molecule has 0 bridgehead atoms. The van der Waals surface area contributed by atoms with Crippen LogP contribution >= 0.6 is 0 Å². The first-order chi connectivity index (χ1) is 9.91. The van der Waals surface area contributed by atoms with Gasteiger partial charge in [-0.1, -0.05) is 0 Å². The van der Waals surface area contributed by atoms with Gasteiger partial charge in [0.05, 0.1) is 4.90 Å². The van der Waals surface area contributed by atoms with Crippen molar-refractivity contribution in [1.82, 2.24) is 4.31 Å². The fraction of sp³-hybridized carbons (Fsp3) is 0.600. The van der Waals surface area contributed by atoms with Gasteiger partial charge < -0.3 is 10.1 Å². The normalized spacial score (nSPS) is 18.7. The molecule has 0 saturated carbocycles. The molecule has 0 aromatic heterocycles. The lowest BCUT2D eigenvalue weighted by Crippen LogP contribution is -2.31. The summed E-state index contributed by atoms with van der Waals surface area (Å²) < 4.78 is 30.6. The molecule has 21 heavy (non-hydrogen) atoms. The third kappa shape index (κ3) is 3.96. The zero-order chi connectivity index (χ0) is 15.5. The van der Waals surface area contributed by atoms with Crippen LogP contribution in [0, 0.1) is 5.92 Å². The highest BCUT2D eigenvalue weighted by atomic mass is 32.2. The second kappa shape index (κ2) is 6.77. The Bertz CT molecular complexity index is 549. The lowest BCUT2D eigenvalue weighted by molar-refractivity contribution is 0.0622. The van der Waals surface area contributed by atoms with Gasteiger partial charge in [-0.25, -0.2) is 12.7 Å². The van der Waals surface area contributed by atoms with Crippen molar-refractivity contribution in [1.29, 1.82) is 0 Å². The van der Waals surface area contributed by atoms with Crippen LogP contribution in [0.25, 0.3) is 0 Å². The van der Waals surface area contributed by atoms with Crippen LogP contribution in [0.5, 0.6) is 0 Å². The van der Waals surface area contributed by atoms with Crippen molar-refractivity contribution >= 4 is 15.7 Å². The van der Waals surface area contributed by atoms with Crippen LogP contribution in [0.2, 0.25) is 0 Å². The maximum atomic E-state index is 12.0. The number of anilines is 1. The fourth-order valence-corrected chi connectivity index (χ4v) is 3.43. The first-order valence-electron chi connectivity index (χ1n) is 7.28. The molecule has 1 atom stereocenters. The summed E-state index contributed by atoms with van der Waals surface area (Å²) in [7, 11) is -0.281. The molecule has 1 N–H and O–H groups in total. The average Bonchev–Trinajstić information content (AvgIpc) is 2.48. The van der Waals surface area contributed by atoms with E-state index < -0.39 is 10.0 Å². The van der Waals surface area contributed by atoms with Crippen molar-refractivity contribution in [3.8, 4) is 0 Å². The molecule has 1 fully saturated rings. The number of hydrogen-bond donors (Lipinski definition) is 1. The van der Waals surface area contributed by atoms with E-state index in [0.29, 0.717) is 16.9 Å². The minimum atomic E-state index is -3.35. The Morgan fingerprint density at radius 1 is 1.19 bits per heavy atom. The van der Waals surface area contributed by atoms with Gasteiger partial charge >= 0.3 is 0 Å². The van der Waals surface area contributed by atoms with Gasteiger partial charge in [0.15, 0.2) is 0 Å². The van der Waals surface area contributed by atoms with Crippen LogP contribution in [0.4, 0.5) is 5.69 Å². The molecule has 0 radical (unpaired) electrons. The van der Waals surface area contributed by atoms with Crippen LogP contribution in [-0.4, -0.2) is 46.1 Å². The van der Waals surface area contributed by atoms with Crippen LogP contribution in [0.3, 0.4) is 0 Å². The SMILES string of the molecule is CC(Nc1ccc(S(=O)(=O)N(C)C)cc1)C1CCOCC1. The molecule has 1 saturated heterocycles. The van der Waals surface area contributed by atoms with E-state index in [1.54, 1.807) is 12.1 Å². The summed E-state index contributed by atoms with van der Waals surface area (Å²) in [6.07, 6.45) is 2.14. The molecular formula is C15H24N2O3S. The molecule has 1 unspecified atom stereocenters. The van der Waals surface area contributed by atoms with E-state index in [-0.39, 0.29) is 0 Å². The van der Waals surface area contributed by atoms with E-state index in [2.05, 4.69) is 12.2 Å². The van der Waals surface area contributed by atoms with Crippen molar-refractivity contribution in [2.45, 2.75) is 30.7 Å². The van der Waals surface area contributed by atoms with Crippen LogP contribution in [0.15, 0.2) is 29.2 Å². The highest BCUT2D eigenvalue weighted by Crippen LogP contribution is 2.23. The largest absolute Gasteiger partial charge is 0.382 e. The number of sulfonamides is 1. The molecule has 1 aliphatic heterocycles. The van der Waals surface area contributed by atoms with Crippen molar-refractivity contribution < 1.29 is 13.2 Å². The van der Waals surface area contributed by atoms with Gasteiger partial charge in [-0.2, -0.15) is 0 Å². The molecule has 1 aliphatic rings. The Morgan fingerprint density at radius 2 is 1.76 bits per heavy atom. The fourth-order valence-electron chi connectivity index (χ4n) is 2.53. The summed E-state index contributed by atoms with van der Waals surface area (Å²) in [5, 5.41) is 3.46. The molecule has 5 nitrogen and oxygen atoms in total. The number of nitrogens with zero attached hydrogens (tertiary/aromatic N) is 1. The summed E-state index contributed by atoms with van der Waals surface area (Å²) in [5.74, 6) is 0.601. The zero-order valence-corrected chi connectivity index (χ0v) is 13.7. The molecule has 1 aromatic rings. The minimum absolute atomic E-state index is 0.316. The molecule has 6 heteroatoms. The minimum Gasteiger partial charge on any atom is -0.382 e. The standard InChI is InChI=1S/C15H24N2O3S/c1-12(13-8-10-20-11-9-13)16-14-4-6-15(7-5-14)21(18,19)17(2)3/h4-7,12-13,16H,8-11H2,1-3H3. The van der Waals surface area contributed by atoms with Crippen molar-refractivity contribution in [3.05, 3.63) is 24.3 Å². The highest BCUT2D eigenvalue weighted by Gasteiger charge is 2.21. The Balaban J connectivity index is 2.02. The molecule has 1 aromatic carbocycles. The van der Waals surface area contributed by atoms with Crippen LogP contribution < -0.4 is 5.32 Å². The number of ether oxygens (including phenoxy) is 1. The number of hydrogen-bond acceptors (Lipinski definition) is 4. The van der Waals surface area contributed by atoms with Gasteiger partial charge in [-0.05, 0) is 49.9 Å². The van der Waals surface area contributed by atoms with Crippen molar-refractivity contribution in [2.75, 3.05) is 32.6 Å². The van der Waals surface area contributed by atoms with Crippen molar-refractivity contribution in [3.63, 3.8) is 0 Å². The number of benzene rings is 1. The van der Waals surface area contributed by atoms with Crippen LogP contribution in [0.1, 0.15) is 19.8 Å². The molecule has 118 valence electrons. The number of nitrogens with one attached hydrogen (secondary N) is 1. The lowest BCUT2D eigenvalue weighted by Gasteiger charge is -2.29. The summed E-state index contributed by atoms with van der Waals surface area (Å²) >= 11 is 0. The maximum Gasteiger partial charge on any atom is 0.242 e. The van der Waals surface area contributed by atoms with Gasteiger partial charge in [0.2, 0.25) is 10.0 Å². The third-order valence-electron chi connectivity index (χ3n) is 4.00. The Labute approximate surface area is 127 Å². The first-order valence-corrected chi connectivity index (χ1v) is 8.72. The lowest BCUT2D eigenvalue weighted by atomic mass is 9.93. The molecule has 2 rings (SSSR count). The van der Waals surface area contributed by atoms with E-state index in [4.69, 9.17) is 4.74 Å². The predicted octanol–water partition coefficient (Wildman–Crippen LogP) is 2.16. The second-order valence-electron chi connectivity index (χ2n) is 5.69. The molecular weight excluding hydrogens is 288 g/mol. The Hall–Kier alpha value is -1.11. The number of rotatable bonds is 5. The van der Waals surface area contributed by atoms with E-state index >= 15 is 0 Å². The topological polar surface area (TPSA) is 58.6 Å². The molecule has 1 heterocycles. The van der Waals surface area contributed by atoms with E-state index in [1.807, 2.05) is 12.1 Å². The quantitative estimate of drug-likeness (QED) is 0.905. The molecule has 0 amide bonds. The monoisotopic (exact) mass is 312 g/mol. The van der Waals surface area contributed by atoms with E-state index in [0.717, 1.165) is 31.7 Å². The first kappa shape index (κ1) is 16.3. The summed E-state index contributed by atoms with van der Waals surface area (Å²) in [6, 6.07) is 7.30. The zero-order valence-electron chi connectivity index (χ0n) is 12.9. The smallest absolute Gasteiger partial charge is 0.242 e. The Morgan fingerprint density at radius 3 is 2.29 bits per heavy atom. The average molecular weight is 312 g/mol.